The van der Waals surface area contributed by atoms with Crippen LogP contribution in [-0.2, 0) is 16.1 Å². The monoisotopic (exact) mass is 649 g/mol. The molecule has 0 spiro atoms. The molecule has 8 heteroatoms. The van der Waals surface area contributed by atoms with Crippen LogP contribution in [0.5, 0.6) is 0 Å². The number of amides is 3. The quantitative estimate of drug-likeness (QED) is 0.181. The third-order valence-electron chi connectivity index (χ3n) is 9.34. The summed E-state index contributed by atoms with van der Waals surface area (Å²) in [7, 11) is 0. The summed E-state index contributed by atoms with van der Waals surface area (Å²) in [6.45, 7) is 0.362. The number of hydrogen-bond donors (Lipinski definition) is 2. The highest BCUT2D eigenvalue weighted by molar-refractivity contribution is 7.99. The molecule has 3 N–H and O–H groups in total. The molecule has 1 aliphatic carbocycles. The van der Waals surface area contributed by atoms with Gasteiger partial charge in [-0.05, 0) is 73.6 Å². The molecule has 0 unspecified atom stereocenters. The number of rotatable bonds is 6. The number of nitrogens with one attached hydrogen (secondary N) is 1. The van der Waals surface area contributed by atoms with Gasteiger partial charge in [-0.1, -0.05) is 97.1 Å². The molecule has 0 fully saturated rings. The minimum Gasteiger partial charge on any atom is -0.449 e. The van der Waals surface area contributed by atoms with E-state index in [2.05, 4.69) is 59.9 Å². The highest BCUT2D eigenvalue weighted by Crippen LogP contribution is 2.44. The minimum atomic E-state index is -0.878. The Morgan fingerprint density at radius 3 is 2.04 bits per heavy atom. The van der Waals surface area contributed by atoms with Crippen molar-refractivity contribution in [1.82, 2.24) is 5.32 Å². The number of fused-ring (bicyclic) bond motifs is 6. The van der Waals surface area contributed by atoms with E-state index in [0.717, 1.165) is 54.3 Å². The lowest BCUT2D eigenvalue weighted by atomic mass is 9.96. The van der Waals surface area contributed by atoms with Gasteiger partial charge in [-0.2, -0.15) is 0 Å². The molecule has 48 heavy (non-hydrogen) atoms. The molecule has 8 rings (SSSR count). The molecule has 0 bridgehead atoms. The second-order valence-electron chi connectivity index (χ2n) is 12.1. The number of anilines is 1. The molecular formula is C40H31N3O4S. The molecular weight excluding hydrogens is 619 g/mol. The van der Waals surface area contributed by atoms with Gasteiger partial charge in [0.2, 0.25) is 5.91 Å². The molecule has 1 atom stereocenters. The molecule has 0 aromatic heterocycles. The van der Waals surface area contributed by atoms with Gasteiger partial charge in [-0.3, -0.25) is 9.59 Å². The number of carbonyl (C=O) groups is 3. The van der Waals surface area contributed by atoms with Gasteiger partial charge < -0.3 is 20.7 Å². The van der Waals surface area contributed by atoms with E-state index in [9.17, 15) is 14.4 Å². The van der Waals surface area contributed by atoms with E-state index in [-0.39, 0.29) is 25.0 Å². The average molecular weight is 650 g/mol. The molecule has 0 saturated carbocycles. The fourth-order valence-electron chi connectivity index (χ4n) is 7.04. The van der Waals surface area contributed by atoms with Gasteiger partial charge in [0.15, 0.2) is 0 Å². The van der Waals surface area contributed by atoms with E-state index in [1.807, 2.05) is 54.6 Å². The van der Waals surface area contributed by atoms with E-state index < -0.39 is 18.0 Å². The van der Waals surface area contributed by atoms with Gasteiger partial charge in [0.1, 0.15) is 12.6 Å². The molecule has 1 heterocycles. The van der Waals surface area contributed by atoms with Gasteiger partial charge in [-0.15, -0.1) is 11.8 Å². The lowest BCUT2D eigenvalue weighted by molar-refractivity contribution is -0.120. The first-order chi connectivity index (χ1) is 23.5. The Morgan fingerprint density at radius 1 is 0.792 bits per heavy atom. The Bertz CT molecular complexity index is 2170. The smallest absolute Gasteiger partial charge is 0.407 e. The first kappa shape index (κ1) is 29.8. The van der Waals surface area contributed by atoms with Crippen LogP contribution in [0.15, 0.2) is 126 Å². The minimum absolute atomic E-state index is 0.102. The third kappa shape index (κ3) is 5.24. The summed E-state index contributed by atoms with van der Waals surface area (Å²) >= 11 is 1.45. The van der Waals surface area contributed by atoms with Gasteiger partial charge in [-0.25, -0.2) is 4.79 Å². The Kier molecular flexibility index (Phi) is 7.57. The Labute approximate surface area is 281 Å². The summed E-state index contributed by atoms with van der Waals surface area (Å²) in [6.07, 6.45) is -0.657. The van der Waals surface area contributed by atoms with Crippen LogP contribution in [0, 0.1) is 0 Å². The number of nitrogens with zero attached hydrogens (tertiary/aromatic N) is 1. The van der Waals surface area contributed by atoms with Crippen molar-refractivity contribution in [2.75, 3.05) is 17.3 Å². The second kappa shape index (κ2) is 12.2. The van der Waals surface area contributed by atoms with Gasteiger partial charge >= 0.3 is 6.09 Å². The standard InChI is InChI=1S/C40H31N3O4S/c41-38(44)26-17-18-37-36(20-26)43(21-33-27-11-3-1-9-24(27)19-25-10-2-4-12-28(25)33)39(45)35(23-48-37)42-40(46)47-22-34-31-15-7-5-13-29(31)30-14-6-8-16-32(30)34/h1-20,34-35H,21-23H2,(H2,41,44)(H,42,46)/t35-/m0/s1. The maximum Gasteiger partial charge on any atom is 0.407 e. The number of ether oxygens (including phenoxy) is 1. The lowest BCUT2D eigenvalue weighted by Crippen LogP contribution is -2.49. The highest BCUT2D eigenvalue weighted by Gasteiger charge is 2.34. The SMILES string of the molecule is NC(=O)c1ccc2c(c1)N(Cc1c3ccccc3cc3ccccc13)C(=O)[C@@H](NC(=O)OCC1c3ccccc3-c3ccccc31)CS2. The topological polar surface area (TPSA) is 102 Å². The molecule has 1 aliphatic heterocycles. The van der Waals surface area contributed by atoms with Crippen LogP contribution < -0.4 is 16.0 Å². The summed E-state index contributed by atoms with van der Waals surface area (Å²) < 4.78 is 5.84. The number of alkyl carbamates (subject to hydrolysis) is 1. The van der Waals surface area contributed by atoms with Crippen LogP contribution in [0.1, 0.15) is 33.0 Å². The molecule has 0 radical (unpaired) electrons. The van der Waals surface area contributed by atoms with Crippen LogP contribution in [0.4, 0.5) is 10.5 Å². The van der Waals surface area contributed by atoms with Crippen molar-refractivity contribution in [3.63, 3.8) is 0 Å². The number of thioether (sulfide) groups is 1. The van der Waals surface area contributed by atoms with E-state index >= 15 is 0 Å². The van der Waals surface area contributed by atoms with Crippen LogP contribution in [0.3, 0.4) is 0 Å². The molecule has 0 saturated heterocycles. The maximum absolute atomic E-state index is 14.5. The predicted octanol–water partition coefficient (Wildman–Crippen LogP) is 7.64. The molecule has 2 aliphatic rings. The normalized spacial score (nSPS) is 15.5. The Morgan fingerprint density at radius 2 is 1.40 bits per heavy atom. The average Bonchev–Trinajstić information content (AvgIpc) is 3.37. The Balaban J connectivity index is 1.11. The van der Waals surface area contributed by atoms with Crippen LogP contribution >= 0.6 is 11.8 Å². The summed E-state index contributed by atoms with van der Waals surface area (Å²) in [6, 6.07) is 39.0. The van der Waals surface area contributed by atoms with Gasteiger partial charge in [0.05, 0.1) is 12.2 Å². The first-order valence-electron chi connectivity index (χ1n) is 15.8. The molecule has 6 aromatic carbocycles. The van der Waals surface area contributed by atoms with Crippen molar-refractivity contribution in [3.05, 3.63) is 144 Å². The number of hydrogen-bond acceptors (Lipinski definition) is 5. The van der Waals surface area contributed by atoms with Crippen molar-refractivity contribution in [1.29, 1.82) is 0 Å². The van der Waals surface area contributed by atoms with Gasteiger partial charge in [0, 0.05) is 22.1 Å². The van der Waals surface area contributed by atoms with Crippen molar-refractivity contribution >= 4 is 56.9 Å². The van der Waals surface area contributed by atoms with Crippen molar-refractivity contribution in [2.45, 2.75) is 23.4 Å². The van der Waals surface area contributed by atoms with E-state index in [1.54, 1.807) is 17.0 Å². The fraction of sp³-hybridized carbons (Fsp3) is 0.125. The van der Waals surface area contributed by atoms with Crippen molar-refractivity contribution in [3.8, 4) is 11.1 Å². The fourth-order valence-corrected chi connectivity index (χ4v) is 8.09. The molecule has 3 amide bonds. The molecule has 236 valence electrons. The maximum atomic E-state index is 14.5. The summed E-state index contributed by atoms with van der Waals surface area (Å²) in [4.78, 5) is 42.7. The van der Waals surface area contributed by atoms with Crippen molar-refractivity contribution < 1.29 is 19.1 Å². The second-order valence-corrected chi connectivity index (χ2v) is 13.2. The summed E-state index contributed by atoms with van der Waals surface area (Å²) in [5.74, 6) is -0.689. The van der Waals surface area contributed by atoms with Crippen molar-refractivity contribution in [2.24, 2.45) is 5.73 Å². The van der Waals surface area contributed by atoms with Crippen LogP contribution in [-0.4, -0.2) is 36.3 Å². The largest absolute Gasteiger partial charge is 0.449 e. The molecule has 6 aromatic rings. The van der Waals surface area contributed by atoms with Crippen LogP contribution in [0.25, 0.3) is 32.7 Å². The zero-order valence-electron chi connectivity index (χ0n) is 25.9. The summed E-state index contributed by atoms with van der Waals surface area (Å²) in [5.41, 5.74) is 12.0. The van der Waals surface area contributed by atoms with E-state index in [0.29, 0.717) is 17.0 Å². The van der Waals surface area contributed by atoms with Gasteiger partial charge in [0.25, 0.3) is 5.91 Å². The number of carbonyl (C=O) groups excluding carboxylic acids is 3. The Hall–Kier alpha value is -5.60. The predicted molar refractivity (Wildman–Crippen MR) is 190 cm³/mol. The molecule has 7 nitrogen and oxygen atoms in total. The first-order valence-corrected chi connectivity index (χ1v) is 16.8. The zero-order chi connectivity index (χ0) is 32.8. The zero-order valence-corrected chi connectivity index (χ0v) is 26.7. The van der Waals surface area contributed by atoms with E-state index in [4.69, 9.17) is 10.5 Å². The number of primary amides is 1. The highest BCUT2D eigenvalue weighted by atomic mass is 32.2. The summed E-state index contributed by atoms with van der Waals surface area (Å²) in [5, 5.41) is 7.04. The number of nitrogens with two attached hydrogens (primary N) is 1. The lowest BCUT2D eigenvalue weighted by Gasteiger charge is -2.27. The third-order valence-corrected chi connectivity index (χ3v) is 10.5. The number of benzene rings is 6. The van der Waals surface area contributed by atoms with E-state index in [1.165, 1.54) is 11.8 Å². The van der Waals surface area contributed by atoms with Crippen LogP contribution in [0.2, 0.25) is 0 Å².